The fraction of sp³-hybridized carbons (Fsp3) is 0.750. The molecular formula is C24H38N4O8. The summed E-state index contributed by atoms with van der Waals surface area (Å²) in [6.45, 7) is 4.64. The Morgan fingerprint density at radius 1 is 0.667 bits per heavy atom. The lowest BCUT2D eigenvalue weighted by atomic mass is 10.1. The Bertz CT molecular complexity index is 752. The van der Waals surface area contributed by atoms with Gasteiger partial charge >= 0.3 is 24.0 Å². The van der Waals surface area contributed by atoms with Gasteiger partial charge in [0, 0.05) is 25.9 Å². The van der Waals surface area contributed by atoms with Gasteiger partial charge in [-0.2, -0.15) is 0 Å². The number of nitrogens with one attached hydrogen (secondary N) is 2. The summed E-state index contributed by atoms with van der Waals surface area (Å²) < 4.78 is 9.70. The van der Waals surface area contributed by atoms with Gasteiger partial charge in [-0.25, -0.2) is 9.59 Å². The molecule has 36 heavy (non-hydrogen) atoms. The molecule has 12 heteroatoms. The largest absolute Gasteiger partial charge is 0.466 e. The predicted octanol–water partition coefficient (Wildman–Crippen LogP) is 1.85. The molecule has 2 fully saturated rings. The molecule has 0 bridgehead atoms. The fourth-order valence-electron chi connectivity index (χ4n) is 4.21. The standard InChI is InChI=1S/C24H38N4O8/c1-3-35-19(29)13-11-17-21(31)27(23(33)25-17)15-9-7-5-6-8-10-16-28-22(32)18(26-24(28)34)12-14-20(30)36-4-2/h17-18H,3-16H2,1-2H3,(H,25,33)(H,26,34). The summed E-state index contributed by atoms with van der Waals surface area (Å²) in [4.78, 5) is 74.3. The first-order valence-corrected chi connectivity index (χ1v) is 12.8. The molecule has 2 aliphatic heterocycles. The average Bonchev–Trinajstić information content (AvgIpc) is 3.27. The van der Waals surface area contributed by atoms with Crippen LogP contribution >= 0.6 is 0 Å². The average molecular weight is 511 g/mol. The van der Waals surface area contributed by atoms with E-state index in [4.69, 9.17) is 9.47 Å². The SMILES string of the molecule is CCOC(=O)CCC1NC(=O)N(CCCCCCCCN2C(=O)NC(CCC(=O)OCC)C2=O)C1=O. The molecule has 2 unspecified atom stereocenters. The lowest BCUT2D eigenvalue weighted by Crippen LogP contribution is -2.32. The van der Waals surface area contributed by atoms with Gasteiger partial charge in [0.25, 0.3) is 11.8 Å². The second-order valence-electron chi connectivity index (χ2n) is 8.79. The number of esters is 2. The van der Waals surface area contributed by atoms with Crippen molar-refractivity contribution in [2.75, 3.05) is 26.3 Å². The maximum Gasteiger partial charge on any atom is 0.324 e. The maximum atomic E-state index is 12.4. The van der Waals surface area contributed by atoms with Gasteiger partial charge in [0.05, 0.1) is 13.2 Å². The topological polar surface area (TPSA) is 151 Å². The van der Waals surface area contributed by atoms with Crippen LogP contribution in [0.25, 0.3) is 0 Å². The fourth-order valence-corrected chi connectivity index (χ4v) is 4.21. The molecule has 2 N–H and O–H groups in total. The van der Waals surface area contributed by atoms with Gasteiger partial charge in [-0.05, 0) is 39.5 Å². The van der Waals surface area contributed by atoms with Crippen LogP contribution < -0.4 is 10.6 Å². The summed E-state index contributed by atoms with van der Waals surface area (Å²) in [6.07, 6.45) is 5.45. The third-order valence-electron chi connectivity index (χ3n) is 6.11. The minimum Gasteiger partial charge on any atom is -0.466 e. The van der Waals surface area contributed by atoms with Gasteiger partial charge in [-0.1, -0.05) is 25.7 Å². The van der Waals surface area contributed by atoms with Crippen molar-refractivity contribution in [2.24, 2.45) is 0 Å². The van der Waals surface area contributed by atoms with Crippen LogP contribution in [0.3, 0.4) is 0 Å². The lowest BCUT2D eigenvalue weighted by Gasteiger charge is -2.13. The summed E-state index contributed by atoms with van der Waals surface area (Å²) in [5.74, 6) is -1.39. The number of hydrogen-bond donors (Lipinski definition) is 2. The van der Waals surface area contributed by atoms with Crippen molar-refractivity contribution >= 4 is 35.8 Å². The number of imide groups is 2. The second-order valence-corrected chi connectivity index (χ2v) is 8.79. The molecule has 0 aliphatic carbocycles. The molecule has 202 valence electrons. The molecule has 0 aromatic carbocycles. The molecule has 12 nitrogen and oxygen atoms in total. The van der Waals surface area contributed by atoms with Crippen LogP contribution in [-0.4, -0.2) is 84.0 Å². The van der Waals surface area contributed by atoms with Crippen LogP contribution in [0.5, 0.6) is 0 Å². The third-order valence-corrected chi connectivity index (χ3v) is 6.11. The first kappa shape index (κ1) is 29.1. The Labute approximate surface area is 211 Å². The molecule has 0 spiro atoms. The van der Waals surface area contributed by atoms with Crippen molar-refractivity contribution in [3.05, 3.63) is 0 Å². The first-order valence-electron chi connectivity index (χ1n) is 12.8. The van der Waals surface area contributed by atoms with E-state index in [0.29, 0.717) is 25.9 Å². The lowest BCUT2D eigenvalue weighted by molar-refractivity contribution is -0.144. The van der Waals surface area contributed by atoms with Crippen molar-refractivity contribution in [1.82, 2.24) is 20.4 Å². The highest BCUT2D eigenvalue weighted by Gasteiger charge is 2.38. The van der Waals surface area contributed by atoms with Gasteiger partial charge in [0.2, 0.25) is 0 Å². The molecule has 2 rings (SSSR count). The number of ether oxygens (including phenoxy) is 2. The number of carbonyl (C=O) groups is 6. The van der Waals surface area contributed by atoms with E-state index >= 15 is 0 Å². The van der Waals surface area contributed by atoms with E-state index in [1.54, 1.807) is 13.8 Å². The summed E-state index contributed by atoms with van der Waals surface area (Å²) in [5, 5.41) is 5.24. The van der Waals surface area contributed by atoms with Gasteiger partial charge in [0.1, 0.15) is 12.1 Å². The molecule has 6 amide bonds. The van der Waals surface area contributed by atoms with E-state index in [0.717, 1.165) is 25.7 Å². The monoisotopic (exact) mass is 510 g/mol. The summed E-state index contributed by atoms with van der Waals surface area (Å²) in [7, 11) is 0. The smallest absolute Gasteiger partial charge is 0.324 e. The van der Waals surface area contributed by atoms with Gasteiger partial charge in [0.15, 0.2) is 0 Å². The van der Waals surface area contributed by atoms with E-state index in [9.17, 15) is 28.8 Å². The highest BCUT2D eigenvalue weighted by molar-refractivity contribution is 6.04. The highest BCUT2D eigenvalue weighted by atomic mass is 16.5. The summed E-state index contributed by atoms with van der Waals surface area (Å²) >= 11 is 0. The van der Waals surface area contributed by atoms with Gasteiger partial charge in [-0.15, -0.1) is 0 Å². The highest BCUT2D eigenvalue weighted by Crippen LogP contribution is 2.16. The van der Waals surface area contributed by atoms with E-state index < -0.39 is 24.1 Å². The minimum atomic E-state index is -0.683. The number of hydrogen-bond acceptors (Lipinski definition) is 8. The zero-order valence-electron chi connectivity index (χ0n) is 21.2. The number of nitrogens with zero attached hydrogens (tertiary/aromatic N) is 2. The molecular weight excluding hydrogens is 472 g/mol. The zero-order chi connectivity index (χ0) is 26.5. The number of unbranched alkanes of at least 4 members (excludes halogenated alkanes) is 5. The quantitative estimate of drug-likeness (QED) is 0.171. The van der Waals surface area contributed by atoms with Crippen LogP contribution in [0.15, 0.2) is 0 Å². The van der Waals surface area contributed by atoms with E-state index in [1.807, 2.05) is 0 Å². The van der Waals surface area contributed by atoms with E-state index in [2.05, 4.69) is 10.6 Å². The number of carbonyl (C=O) groups excluding carboxylic acids is 6. The van der Waals surface area contributed by atoms with Crippen molar-refractivity contribution in [3.63, 3.8) is 0 Å². The molecule has 2 aliphatic rings. The predicted molar refractivity (Wildman–Crippen MR) is 128 cm³/mol. The van der Waals surface area contributed by atoms with Crippen molar-refractivity contribution in [1.29, 1.82) is 0 Å². The number of urea groups is 2. The Kier molecular flexibility index (Phi) is 12.1. The molecule has 0 aromatic heterocycles. The Hall–Kier alpha value is -3.18. The van der Waals surface area contributed by atoms with Crippen LogP contribution in [0.4, 0.5) is 9.59 Å². The van der Waals surface area contributed by atoms with Gasteiger partial charge in [-0.3, -0.25) is 29.0 Å². The van der Waals surface area contributed by atoms with Crippen LogP contribution in [0.1, 0.15) is 78.1 Å². The first-order chi connectivity index (χ1) is 17.3. The molecule has 2 saturated heterocycles. The Morgan fingerprint density at radius 3 is 1.39 bits per heavy atom. The second kappa shape index (κ2) is 15.0. The van der Waals surface area contributed by atoms with Crippen LogP contribution in [-0.2, 0) is 28.7 Å². The molecule has 0 aromatic rings. The molecule has 0 radical (unpaired) electrons. The van der Waals surface area contributed by atoms with E-state index in [-0.39, 0.29) is 62.7 Å². The number of rotatable bonds is 17. The molecule has 2 atom stereocenters. The minimum absolute atomic E-state index is 0.0807. The van der Waals surface area contributed by atoms with Crippen LogP contribution in [0, 0.1) is 0 Å². The summed E-state index contributed by atoms with van der Waals surface area (Å²) in [6, 6.07) is -2.22. The Balaban J connectivity index is 1.55. The zero-order valence-corrected chi connectivity index (χ0v) is 21.2. The normalized spacial score (nSPS) is 19.5. The van der Waals surface area contributed by atoms with Gasteiger partial charge < -0.3 is 20.1 Å². The molecule has 2 heterocycles. The van der Waals surface area contributed by atoms with Crippen molar-refractivity contribution in [2.45, 2.75) is 90.1 Å². The van der Waals surface area contributed by atoms with Crippen LogP contribution in [0.2, 0.25) is 0 Å². The van der Waals surface area contributed by atoms with E-state index in [1.165, 1.54) is 9.80 Å². The van der Waals surface area contributed by atoms with Crippen molar-refractivity contribution in [3.8, 4) is 0 Å². The maximum absolute atomic E-state index is 12.4. The van der Waals surface area contributed by atoms with Crippen molar-refractivity contribution < 1.29 is 38.2 Å². The third kappa shape index (κ3) is 8.80. The summed E-state index contributed by atoms with van der Waals surface area (Å²) in [5.41, 5.74) is 0. The Morgan fingerprint density at radius 2 is 1.03 bits per heavy atom. The number of amides is 6. The molecule has 0 saturated carbocycles.